The summed E-state index contributed by atoms with van der Waals surface area (Å²) >= 11 is 0. The maximum atomic E-state index is 11.6. The lowest BCUT2D eigenvalue weighted by atomic mass is 9.97. The highest BCUT2D eigenvalue weighted by Gasteiger charge is 2.68. The zero-order chi connectivity index (χ0) is 9.47. The van der Waals surface area contributed by atoms with Crippen LogP contribution in [0.5, 0.6) is 0 Å². The minimum Gasteiger partial charge on any atom is -0.466 e. The smallest absolute Gasteiger partial charge is 0.309 e. The first-order valence-electron chi connectivity index (χ1n) is 5.43. The van der Waals surface area contributed by atoms with Crippen LogP contribution >= 0.6 is 0 Å². The van der Waals surface area contributed by atoms with Crippen molar-refractivity contribution >= 4 is 5.97 Å². The summed E-state index contributed by atoms with van der Waals surface area (Å²) in [6, 6.07) is 0. The lowest BCUT2D eigenvalue weighted by Gasteiger charge is -2.10. The van der Waals surface area contributed by atoms with E-state index < -0.39 is 0 Å². The van der Waals surface area contributed by atoms with Gasteiger partial charge in [0.2, 0.25) is 0 Å². The van der Waals surface area contributed by atoms with Crippen LogP contribution in [0.1, 0.15) is 39.5 Å². The zero-order valence-corrected chi connectivity index (χ0v) is 8.51. The van der Waals surface area contributed by atoms with E-state index in [1.54, 1.807) is 0 Å². The predicted octanol–water partition coefficient (Wildman–Crippen LogP) is 2.38. The summed E-state index contributed by atoms with van der Waals surface area (Å²) in [5.74, 6) is 0.983. The van der Waals surface area contributed by atoms with Crippen molar-refractivity contribution in [3.63, 3.8) is 0 Å². The summed E-state index contributed by atoms with van der Waals surface area (Å²) in [4.78, 5) is 11.6. The number of carbonyl (C=O) groups excluding carboxylic acids is 1. The van der Waals surface area contributed by atoms with E-state index in [1.807, 2.05) is 6.92 Å². The molecule has 0 bridgehead atoms. The summed E-state index contributed by atoms with van der Waals surface area (Å²) < 4.78 is 5.09. The van der Waals surface area contributed by atoms with Crippen molar-refractivity contribution in [3.8, 4) is 0 Å². The molecule has 2 heteroatoms. The van der Waals surface area contributed by atoms with E-state index in [0.717, 1.165) is 6.42 Å². The maximum absolute atomic E-state index is 11.6. The van der Waals surface area contributed by atoms with Crippen LogP contribution in [0.2, 0.25) is 0 Å². The molecule has 0 N–H and O–H groups in total. The molecule has 3 unspecified atom stereocenters. The molecule has 2 fully saturated rings. The number of hydrogen-bond donors (Lipinski definition) is 0. The first-order chi connectivity index (χ1) is 6.26. The van der Waals surface area contributed by atoms with Crippen LogP contribution in [0, 0.1) is 17.3 Å². The average Bonchev–Trinajstić information content (AvgIpc) is 2.57. The number of carbonyl (C=O) groups is 1. The lowest BCUT2D eigenvalue weighted by molar-refractivity contribution is -0.146. The van der Waals surface area contributed by atoms with Crippen molar-refractivity contribution in [3.05, 3.63) is 0 Å². The van der Waals surface area contributed by atoms with E-state index in [9.17, 15) is 4.79 Å². The molecule has 2 aliphatic rings. The van der Waals surface area contributed by atoms with Crippen molar-refractivity contribution in [2.75, 3.05) is 6.61 Å². The van der Waals surface area contributed by atoms with Gasteiger partial charge in [0.1, 0.15) is 0 Å². The average molecular weight is 182 g/mol. The number of ether oxygens (including phenoxy) is 1. The Morgan fingerprint density at radius 1 is 1.54 bits per heavy atom. The van der Waals surface area contributed by atoms with Crippen LogP contribution < -0.4 is 0 Å². The van der Waals surface area contributed by atoms with E-state index >= 15 is 0 Å². The summed E-state index contributed by atoms with van der Waals surface area (Å²) in [5.41, 5.74) is 0.367. The molecule has 0 aromatic rings. The van der Waals surface area contributed by atoms with Gasteiger partial charge in [-0.25, -0.2) is 0 Å². The molecular formula is C11H18O2. The van der Waals surface area contributed by atoms with E-state index in [1.165, 1.54) is 19.3 Å². The van der Waals surface area contributed by atoms with Gasteiger partial charge in [0.05, 0.1) is 12.5 Å². The van der Waals surface area contributed by atoms with E-state index in [0.29, 0.717) is 17.9 Å². The number of hydrogen-bond acceptors (Lipinski definition) is 2. The third kappa shape index (κ3) is 1.11. The molecule has 0 saturated heterocycles. The Morgan fingerprint density at radius 2 is 2.31 bits per heavy atom. The van der Waals surface area contributed by atoms with Crippen LogP contribution in [-0.4, -0.2) is 12.6 Å². The van der Waals surface area contributed by atoms with Gasteiger partial charge in [-0.05, 0) is 37.5 Å². The molecule has 74 valence electrons. The molecule has 2 aliphatic carbocycles. The Labute approximate surface area is 79.7 Å². The number of fused-ring (bicyclic) bond motifs is 1. The summed E-state index contributed by atoms with van der Waals surface area (Å²) in [5, 5.41) is 0. The Balaban J connectivity index is 2.01. The van der Waals surface area contributed by atoms with Gasteiger partial charge in [0.25, 0.3) is 0 Å². The van der Waals surface area contributed by atoms with E-state index in [2.05, 4.69) is 6.92 Å². The minimum atomic E-state index is 0.0639. The topological polar surface area (TPSA) is 26.3 Å². The highest BCUT2D eigenvalue weighted by molar-refractivity contribution is 5.78. The van der Waals surface area contributed by atoms with Crippen molar-refractivity contribution in [1.29, 1.82) is 0 Å². The molecule has 0 heterocycles. The van der Waals surface area contributed by atoms with Crippen LogP contribution in [0.25, 0.3) is 0 Å². The number of esters is 1. The van der Waals surface area contributed by atoms with Gasteiger partial charge in [-0.15, -0.1) is 0 Å². The van der Waals surface area contributed by atoms with Crippen LogP contribution in [0.15, 0.2) is 0 Å². The Bertz CT molecular complexity index is 224. The largest absolute Gasteiger partial charge is 0.466 e. The summed E-state index contributed by atoms with van der Waals surface area (Å²) in [7, 11) is 0. The van der Waals surface area contributed by atoms with Crippen molar-refractivity contribution < 1.29 is 9.53 Å². The van der Waals surface area contributed by atoms with Crippen LogP contribution in [-0.2, 0) is 9.53 Å². The Hall–Kier alpha value is -0.530. The molecule has 0 radical (unpaired) electrons. The Morgan fingerprint density at radius 3 is 2.85 bits per heavy atom. The molecule has 0 aliphatic heterocycles. The van der Waals surface area contributed by atoms with Crippen molar-refractivity contribution in [1.82, 2.24) is 0 Å². The third-order valence-corrected chi connectivity index (χ3v) is 4.01. The molecule has 0 aromatic carbocycles. The first kappa shape index (κ1) is 9.04. The molecular weight excluding hydrogens is 164 g/mol. The third-order valence-electron chi connectivity index (χ3n) is 4.01. The van der Waals surface area contributed by atoms with E-state index in [4.69, 9.17) is 4.74 Å². The fraction of sp³-hybridized carbons (Fsp3) is 0.909. The highest BCUT2D eigenvalue weighted by atomic mass is 16.5. The number of rotatable bonds is 3. The molecule has 0 spiro atoms. The second-order valence-electron chi connectivity index (χ2n) is 4.32. The molecule has 0 amide bonds. The minimum absolute atomic E-state index is 0.0639. The Kier molecular flexibility index (Phi) is 2.09. The van der Waals surface area contributed by atoms with Gasteiger partial charge in [-0.2, -0.15) is 0 Å². The lowest BCUT2D eigenvalue weighted by Crippen LogP contribution is -2.13. The fourth-order valence-corrected chi connectivity index (χ4v) is 3.31. The van der Waals surface area contributed by atoms with Crippen LogP contribution in [0.3, 0.4) is 0 Å². The summed E-state index contributed by atoms with van der Waals surface area (Å²) in [6.45, 7) is 4.62. The SMILES string of the molecule is CCOC(=O)C1C2CCCC21CC. The van der Waals surface area contributed by atoms with Gasteiger partial charge < -0.3 is 4.74 Å². The van der Waals surface area contributed by atoms with Gasteiger partial charge in [-0.3, -0.25) is 4.79 Å². The fourth-order valence-electron chi connectivity index (χ4n) is 3.31. The van der Waals surface area contributed by atoms with Crippen molar-refractivity contribution in [2.45, 2.75) is 39.5 Å². The monoisotopic (exact) mass is 182 g/mol. The van der Waals surface area contributed by atoms with Crippen LogP contribution in [0.4, 0.5) is 0 Å². The molecule has 13 heavy (non-hydrogen) atoms. The second-order valence-corrected chi connectivity index (χ2v) is 4.32. The van der Waals surface area contributed by atoms with Gasteiger partial charge in [0, 0.05) is 0 Å². The normalized spacial score (nSPS) is 41.4. The van der Waals surface area contributed by atoms with Gasteiger partial charge in [0.15, 0.2) is 0 Å². The van der Waals surface area contributed by atoms with Gasteiger partial charge in [-0.1, -0.05) is 13.3 Å². The molecule has 2 saturated carbocycles. The molecule has 0 aromatic heterocycles. The predicted molar refractivity (Wildman–Crippen MR) is 50.2 cm³/mol. The van der Waals surface area contributed by atoms with Crippen molar-refractivity contribution in [2.24, 2.45) is 17.3 Å². The zero-order valence-electron chi connectivity index (χ0n) is 8.51. The quantitative estimate of drug-likeness (QED) is 0.626. The maximum Gasteiger partial charge on any atom is 0.309 e. The molecule has 3 atom stereocenters. The highest BCUT2D eigenvalue weighted by Crippen LogP contribution is 2.70. The van der Waals surface area contributed by atoms with E-state index in [-0.39, 0.29) is 11.9 Å². The molecule has 2 nitrogen and oxygen atoms in total. The first-order valence-corrected chi connectivity index (χ1v) is 5.43. The summed E-state index contributed by atoms with van der Waals surface area (Å²) in [6.07, 6.45) is 4.96. The second kappa shape index (κ2) is 3.00. The molecule has 2 rings (SSSR count). The van der Waals surface area contributed by atoms with Gasteiger partial charge >= 0.3 is 5.97 Å². The standard InChI is InChI=1S/C11H18O2/c1-3-11-7-5-6-8(11)9(11)10(12)13-4-2/h8-9H,3-7H2,1-2H3.